The summed E-state index contributed by atoms with van der Waals surface area (Å²) in [5.74, 6) is -0.631. The molecule has 0 aliphatic heterocycles. The van der Waals surface area contributed by atoms with Crippen LogP contribution in [0.3, 0.4) is 0 Å². The van der Waals surface area contributed by atoms with E-state index in [0.717, 1.165) is 11.0 Å². The van der Waals surface area contributed by atoms with Crippen LogP contribution < -0.4 is 5.48 Å². The number of hydrogen-bond donors (Lipinski definition) is 2. The number of aliphatic carboxylic acids is 1. The number of para-hydroxylation sites is 2. The van der Waals surface area contributed by atoms with Gasteiger partial charge in [-0.15, -0.1) is 0 Å². The number of carboxylic acid groups (broad SMARTS) is 1. The summed E-state index contributed by atoms with van der Waals surface area (Å²) in [7, 11) is 0. The molecule has 88 valence electrons. The van der Waals surface area contributed by atoms with Crippen LogP contribution >= 0.6 is 0 Å². The van der Waals surface area contributed by atoms with Crippen molar-refractivity contribution in [3.8, 4) is 0 Å². The highest BCUT2D eigenvalue weighted by atomic mass is 16.7. The molecule has 2 rings (SSSR count). The lowest BCUT2D eigenvalue weighted by atomic mass is 10.3. The summed E-state index contributed by atoms with van der Waals surface area (Å²) in [4.78, 5) is 23.6. The molecular weight excluding hydrogens is 222 g/mol. The van der Waals surface area contributed by atoms with Gasteiger partial charge in [0.05, 0.1) is 16.7 Å². The highest BCUT2D eigenvalue weighted by Crippen LogP contribution is 2.15. The van der Waals surface area contributed by atoms with Crippen LogP contribution in [-0.2, 0) is 9.63 Å². The highest BCUT2D eigenvalue weighted by Gasteiger charge is 2.05. The molecule has 1 heterocycles. The van der Waals surface area contributed by atoms with Crippen molar-refractivity contribution in [1.29, 1.82) is 0 Å². The van der Waals surface area contributed by atoms with E-state index in [1.54, 1.807) is 6.92 Å². The average Bonchev–Trinajstić information content (AvgIpc) is 2.29. The lowest BCUT2D eigenvalue weighted by Crippen LogP contribution is -2.13. The summed E-state index contributed by atoms with van der Waals surface area (Å²) in [6.07, 6.45) is 0. The van der Waals surface area contributed by atoms with Gasteiger partial charge in [0, 0.05) is 0 Å². The molecule has 0 atom stereocenters. The summed E-state index contributed by atoms with van der Waals surface area (Å²) in [6, 6.07) is 7.42. The molecule has 0 saturated carbocycles. The molecule has 0 bridgehead atoms. The van der Waals surface area contributed by atoms with Gasteiger partial charge in [-0.3, -0.25) is 4.84 Å². The van der Waals surface area contributed by atoms with Crippen molar-refractivity contribution in [1.82, 2.24) is 9.97 Å². The van der Waals surface area contributed by atoms with Crippen molar-refractivity contribution in [3.63, 3.8) is 0 Å². The monoisotopic (exact) mass is 233 g/mol. The van der Waals surface area contributed by atoms with Crippen LogP contribution in [0.2, 0.25) is 0 Å². The third-order valence-electron chi connectivity index (χ3n) is 2.11. The Kier molecular flexibility index (Phi) is 3.15. The van der Waals surface area contributed by atoms with Crippen molar-refractivity contribution in [2.24, 2.45) is 0 Å². The van der Waals surface area contributed by atoms with Crippen molar-refractivity contribution in [2.45, 2.75) is 6.92 Å². The number of carbonyl (C=O) groups is 1. The SMILES string of the molecule is Cc1nc2ccccc2nc1NOCC(=O)O. The maximum Gasteiger partial charge on any atom is 0.332 e. The van der Waals surface area contributed by atoms with E-state index in [-0.39, 0.29) is 0 Å². The van der Waals surface area contributed by atoms with E-state index < -0.39 is 12.6 Å². The number of fused-ring (bicyclic) bond motifs is 1. The Bertz CT molecular complexity index is 557. The first-order valence-corrected chi connectivity index (χ1v) is 5.00. The molecule has 6 nitrogen and oxygen atoms in total. The van der Waals surface area contributed by atoms with Gasteiger partial charge < -0.3 is 5.11 Å². The second-order valence-corrected chi connectivity index (χ2v) is 3.43. The molecule has 0 fully saturated rings. The Labute approximate surface area is 97.2 Å². The number of carboxylic acids is 1. The smallest absolute Gasteiger partial charge is 0.332 e. The van der Waals surface area contributed by atoms with E-state index in [1.807, 2.05) is 24.3 Å². The van der Waals surface area contributed by atoms with Gasteiger partial charge in [-0.2, -0.15) is 0 Å². The summed E-state index contributed by atoms with van der Waals surface area (Å²) in [5, 5.41) is 8.43. The van der Waals surface area contributed by atoms with Crippen LogP contribution in [0.4, 0.5) is 5.82 Å². The summed E-state index contributed by atoms with van der Waals surface area (Å²) in [6.45, 7) is 1.33. The molecule has 0 aliphatic rings. The minimum absolute atomic E-state index is 0.421. The number of anilines is 1. The number of nitrogens with one attached hydrogen (secondary N) is 1. The topological polar surface area (TPSA) is 84.3 Å². The highest BCUT2D eigenvalue weighted by molar-refractivity contribution is 5.76. The maximum atomic E-state index is 10.3. The van der Waals surface area contributed by atoms with Gasteiger partial charge in [-0.05, 0) is 19.1 Å². The quantitative estimate of drug-likeness (QED) is 0.776. The Morgan fingerprint density at radius 2 is 2.00 bits per heavy atom. The Morgan fingerprint density at radius 3 is 2.65 bits per heavy atom. The van der Waals surface area contributed by atoms with E-state index in [4.69, 9.17) is 9.94 Å². The normalized spacial score (nSPS) is 10.4. The zero-order valence-corrected chi connectivity index (χ0v) is 9.17. The van der Waals surface area contributed by atoms with E-state index in [1.165, 1.54) is 0 Å². The van der Waals surface area contributed by atoms with Gasteiger partial charge in [-0.1, -0.05) is 12.1 Å². The van der Waals surface area contributed by atoms with Crippen LogP contribution in [-0.4, -0.2) is 27.7 Å². The number of rotatable bonds is 4. The zero-order valence-electron chi connectivity index (χ0n) is 9.17. The maximum absolute atomic E-state index is 10.3. The summed E-state index contributed by atoms with van der Waals surface area (Å²) in [5.41, 5.74) is 4.64. The number of benzene rings is 1. The van der Waals surface area contributed by atoms with Gasteiger partial charge >= 0.3 is 5.97 Å². The molecule has 6 heteroatoms. The molecule has 1 aromatic carbocycles. The molecule has 1 aromatic heterocycles. The number of aromatic nitrogens is 2. The largest absolute Gasteiger partial charge is 0.479 e. The van der Waals surface area contributed by atoms with Gasteiger partial charge in [0.25, 0.3) is 0 Å². The average molecular weight is 233 g/mol. The third-order valence-corrected chi connectivity index (χ3v) is 2.11. The predicted molar refractivity (Wildman–Crippen MR) is 61.5 cm³/mol. The fourth-order valence-electron chi connectivity index (χ4n) is 1.35. The molecule has 0 saturated heterocycles. The minimum atomic E-state index is -1.05. The molecular formula is C11H11N3O3. The number of aryl methyl sites for hydroxylation is 1. The van der Waals surface area contributed by atoms with Crippen LogP contribution in [0, 0.1) is 6.92 Å². The van der Waals surface area contributed by atoms with Crippen molar-refractivity contribution < 1.29 is 14.7 Å². The molecule has 17 heavy (non-hydrogen) atoms. The Hall–Kier alpha value is -2.21. The predicted octanol–water partition coefficient (Wildman–Crippen LogP) is 1.37. The van der Waals surface area contributed by atoms with Gasteiger partial charge in [0.1, 0.15) is 0 Å². The Balaban J connectivity index is 2.22. The van der Waals surface area contributed by atoms with E-state index in [0.29, 0.717) is 11.5 Å². The molecule has 0 aliphatic carbocycles. The van der Waals surface area contributed by atoms with Crippen LogP contribution in [0.1, 0.15) is 5.69 Å². The molecule has 2 aromatic rings. The van der Waals surface area contributed by atoms with Crippen molar-refractivity contribution in [2.75, 3.05) is 12.1 Å². The first-order chi connectivity index (χ1) is 8.16. The zero-order chi connectivity index (χ0) is 12.3. The molecule has 0 spiro atoms. The molecule has 2 N–H and O–H groups in total. The number of hydrogen-bond acceptors (Lipinski definition) is 5. The standard InChI is InChI=1S/C11H11N3O3/c1-7-11(14-17-6-10(15)16)13-9-5-3-2-4-8(9)12-7/h2-5H,6H2,1H3,(H,13,14)(H,15,16). The van der Waals surface area contributed by atoms with Crippen LogP contribution in [0.15, 0.2) is 24.3 Å². The van der Waals surface area contributed by atoms with Crippen LogP contribution in [0.25, 0.3) is 11.0 Å². The van der Waals surface area contributed by atoms with E-state index in [2.05, 4.69) is 15.4 Å². The first-order valence-electron chi connectivity index (χ1n) is 5.00. The first kappa shape index (κ1) is 11.3. The van der Waals surface area contributed by atoms with Crippen molar-refractivity contribution in [3.05, 3.63) is 30.0 Å². The lowest BCUT2D eigenvalue weighted by molar-refractivity contribution is -0.141. The van der Waals surface area contributed by atoms with Crippen LogP contribution in [0.5, 0.6) is 0 Å². The second-order valence-electron chi connectivity index (χ2n) is 3.43. The fourth-order valence-corrected chi connectivity index (χ4v) is 1.35. The van der Waals surface area contributed by atoms with E-state index >= 15 is 0 Å². The minimum Gasteiger partial charge on any atom is -0.479 e. The summed E-state index contributed by atoms with van der Waals surface area (Å²) < 4.78 is 0. The van der Waals surface area contributed by atoms with Gasteiger partial charge in [-0.25, -0.2) is 20.2 Å². The van der Waals surface area contributed by atoms with E-state index in [9.17, 15) is 4.79 Å². The third kappa shape index (κ3) is 2.67. The summed E-state index contributed by atoms with van der Waals surface area (Å²) >= 11 is 0. The second kappa shape index (κ2) is 4.75. The molecule has 0 amide bonds. The fraction of sp³-hybridized carbons (Fsp3) is 0.182. The van der Waals surface area contributed by atoms with Gasteiger partial charge in [0.2, 0.25) is 0 Å². The molecule has 0 unspecified atom stereocenters. The van der Waals surface area contributed by atoms with Gasteiger partial charge in [0.15, 0.2) is 12.4 Å². The Morgan fingerprint density at radius 1 is 1.35 bits per heavy atom. The lowest BCUT2D eigenvalue weighted by Gasteiger charge is -2.07. The van der Waals surface area contributed by atoms with Crippen molar-refractivity contribution >= 4 is 22.8 Å². The number of nitrogens with zero attached hydrogens (tertiary/aromatic N) is 2. The molecule has 0 radical (unpaired) electrons.